The lowest BCUT2D eigenvalue weighted by atomic mass is 10.2. The molecule has 0 spiro atoms. The van der Waals surface area contributed by atoms with Crippen molar-refractivity contribution in [2.24, 2.45) is 0 Å². The number of rotatable bonds is 6. The molecule has 0 radical (unpaired) electrons. The van der Waals surface area contributed by atoms with Gasteiger partial charge in [-0.1, -0.05) is 23.7 Å². The number of carbonyl (C=O) groups is 2. The standard InChI is InChI=1S/C20H16BrClN2O3/c21-17-5-1-2-6-18(17)23-19(25)13-24(12-16-4-3-11-27-16)20(26)14-7-9-15(22)10-8-14/h1-11H,12-13H2,(H,23,25). The summed E-state index contributed by atoms with van der Waals surface area (Å²) in [6.45, 7) is 0.0569. The molecule has 0 aliphatic rings. The van der Waals surface area contributed by atoms with E-state index >= 15 is 0 Å². The largest absolute Gasteiger partial charge is 0.467 e. The van der Waals surface area contributed by atoms with Crippen LogP contribution in [0.3, 0.4) is 0 Å². The molecular formula is C20H16BrClN2O3. The zero-order valence-corrected chi connectivity index (χ0v) is 16.5. The number of anilines is 1. The van der Waals surface area contributed by atoms with E-state index in [-0.39, 0.29) is 24.9 Å². The summed E-state index contributed by atoms with van der Waals surface area (Å²) in [5.74, 6) is -0.00730. The van der Waals surface area contributed by atoms with E-state index < -0.39 is 0 Å². The summed E-state index contributed by atoms with van der Waals surface area (Å²) in [6.07, 6.45) is 1.53. The summed E-state index contributed by atoms with van der Waals surface area (Å²) >= 11 is 9.28. The highest BCUT2D eigenvalue weighted by atomic mass is 79.9. The number of nitrogens with zero attached hydrogens (tertiary/aromatic N) is 1. The Morgan fingerprint density at radius 1 is 1.04 bits per heavy atom. The molecule has 7 heteroatoms. The fraction of sp³-hybridized carbons (Fsp3) is 0.100. The highest BCUT2D eigenvalue weighted by Gasteiger charge is 2.20. The molecule has 5 nitrogen and oxygen atoms in total. The summed E-state index contributed by atoms with van der Waals surface area (Å²) in [5.41, 5.74) is 1.08. The van der Waals surface area contributed by atoms with E-state index in [9.17, 15) is 9.59 Å². The Labute approximate surface area is 170 Å². The van der Waals surface area contributed by atoms with Gasteiger partial charge >= 0.3 is 0 Å². The Balaban J connectivity index is 1.77. The molecule has 0 unspecified atom stereocenters. The lowest BCUT2D eigenvalue weighted by Gasteiger charge is -2.21. The smallest absolute Gasteiger partial charge is 0.254 e. The summed E-state index contributed by atoms with van der Waals surface area (Å²) in [7, 11) is 0. The van der Waals surface area contributed by atoms with Crippen LogP contribution < -0.4 is 5.32 Å². The predicted molar refractivity (Wildman–Crippen MR) is 108 cm³/mol. The summed E-state index contributed by atoms with van der Waals surface area (Å²) in [6, 6.07) is 17.3. The number of amides is 2. The minimum atomic E-state index is -0.309. The minimum absolute atomic E-state index is 0.122. The van der Waals surface area contributed by atoms with E-state index in [1.165, 1.54) is 11.2 Å². The van der Waals surface area contributed by atoms with E-state index in [0.29, 0.717) is 22.0 Å². The van der Waals surface area contributed by atoms with Gasteiger partial charge in [-0.2, -0.15) is 0 Å². The second kappa shape index (κ2) is 8.88. The molecule has 0 atom stereocenters. The van der Waals surface area contributed by atoms with Gasteiger partial charge in [0.2, 0.25) is 5.91 Å². The molecule has 2 amide bonds. The Kier molecular flexibility index (Phi) is 6.32. The lowest BCUT2D eigenvalue weighted by Crippen LogP contribution is -2.37. The third kappa shape index (κ3) is 5.21. The van der Waals surface area contributed by atoms with Crippen molar-refractivity contribution < 1.29 is 14.0 Å². The fourth-order valence-corrected chi connectivity index (χ4v) is 3.00. The van der Waals surface area contributed by atoms with Gasteiger partial charge in [0.25, 0.3) is 5.91 Å². The predicted octanol–water partition coefficient (Wildman–Crippen LogP) is 4.98. The molecule has 3 rings (SSSR count). The number of carbonyl (C=O) groups excluding carboxylic acids is 2. The van der Waals surface area contributed by atoms with Crippen molar-refractivity contribution in [3.05, 3.63) is 87.7 Å². The van der Waals surface area contributed by atoms with Crippen molar-refractivity contribution in [1.29, 1.82) is 0 Å². The number of nitrogens with one attached hydrogen (secondary N) is 1. The number of furan rings is 1. The molecule has 0 fully saturated rings. The normalized spacial score (nSPS) is 10.4. The van der Waals surface area contributed by atoms with Crippen molar-refractivity contribution in [2.75, 3.05) is 11.9 Å². The first kappa shape index (κ1) is 19.2. The topological polar surface area (TPSA) is 62.6 Å². The molecule has 27 heavy (non-hydrogen) atoms. The van der Waals surface area contributed by atoms with Gasteiger partial charge in [-0.05, 0) is 64.5 Å². The quantitative estimate of drug-likeness (QED) is 0.580. The van der Waals surface area contributed by atoms with Crippen molar-refractivity contribution in [1.82, 2.24) is 4.90 Å². The van der Waals surface area contributed by atoms with E-state index in [2.05, 4.69) is 21.2 Å². The van der Waals surface area contributed by atoms with Crippen molar-refractivity contribution in [3.8, 4) is 0 Å². The van der Waals surface area contributed by atoms with E-state index in [0.717, 1.165) is 4.47 Å². The Morgan fingerprint density at radius 2 is 1.78 bits per heavy atom. The minimum Gasteiger partial charge on any atom is -0.467 e. The van der Waals surface area contributed by atoms with E-state index in [4.69, 9.17) is 16.0 Å². The van der Waals surface area contributed by atoms with Crippen LogP contribution in [0.1, 0.15) is 16.1 Å². The highest BCUT2D eigenvalue weighted by Crippen LogP contribution is 2.21. The maximum absolute atomic E-state index is 12.9. The third-order valence-corrected chi connectivity index (χ3v) is 4.73. The summed E-state index contributed by atoms with van der Waals surface area (Å²) < 4.78 is 6.10. The van der Waals surface area contributed by atoms with Crippen LogP contribution in [0.15, 0.2) is 75.8 Å². The average Bonchev–Trinajstić information content (AvgIpc) is 3.16. The summed E-state index contributed by atoms with van der Waals surface area (Å²) in [4.78, 5) is 26.8. The van der Waals surface area contributed by atoms with Gasteiger partial charge in [0, 0.05) is 15.1 Å². The van der Waals surface area contributed by atoms with Gasteiger partial charge in [-0.15, -0.1) is 0 Å². The second-order valence-corrected chi connectivity index (χ2v) is 7.07. The second-order valence-electron chi connectivity index (χ2n) is 5.78. The van der Waals surface area contributed by atoms with E-state index in [1.807, 2.05) is 18.2 Å². The van der Waals surface area contributed by atoms with Gasteiger partial charge in [-0.3, -0.25) is 9.59 Å². The number of hydrogen-bond acceptors (Lipinski definition) is 3. The molecule has 1 N–H and O–H groups in total. The zero-order chi connectivity index (χ0) is 19.2. The van der Waals surface area contributed by atoms with Gasteiger partial charge in [0.05, 0.1) is 18.5 Å². The first-order valence-corrected chi connectivity index (χ1v) is 9.31. The van der Waals surface area contributed by atoms with Gasteiger partial charge < -0.3 is 14.6 Å². The van der Waals surface area contributed by atoms with Crippen molar-refractivity contribution in [2.45, 2.75) is 6.54 Å². The molecule has 1 aromatic heterocycles. The molecule has 3 aromatic rings. The van der Waals surface area contributed by atoms with Crippen LogP contribution in [0, 0.1) is 0 Å². The molecule has 0 bridgehead atoms. The number of halogens is 2. The fourth-order valence-electron chi connectivity index (χ4n) is 2.49. The van der Waals surface area contributed by atoms with Crippen molar-refractivity contribution >= 4 is 45.0 Å². The van der Waals surface area contributed by atoms with Gasteiger partial charge in [0.15, 0.2) is 0 Å². The average molecular weight is 448 g/mol. The first-order chi connectivity index (χ1) is 13.0. The molecule has 0 saturated heterocycles. The maximum Gasteiger partial charge on any atom is 0.254 e. The number of para-hydroxylation sites is 1. The lowest BCUT2D eigenvalue weighted by molar-refractivity contribution is -0.117. The van der Waals surface area contributed by atoms with Crippen LogP contribution in [0.25, 0.3) is 0 Å². The number of benzene rings is 2. The highest BCUT2D eigenvalue weighted by molar-refractivity contribution is 9.10. The molecule has 0 aliphatic heterocycles. The van der Waals surface area contributed by atoms with Gasteiger partial charge in [-0.25, -0.2) is 0 Å². The summed E-state index contributed by atoms with van der Waals surface area (Å²) in [5, 5.41) is 3.34. The molecule has 0 aliphatic carbocycles. The number of hydrogen-bond donors (Lipinski definition) is 1. The molecule has 2 aromatic carbocycles. The van der Waals surface area contributed by atoms with Crippen LogP contribution in [-0.2, 0) is 11.3 Å². The van der Waals surface area contributed by atoms with Gasteiger partial charge in [0.1, 0.15) is 12.3 Å². The molecular weight excluding hydrogens is 432 g/mol. The maximum atomic E-state index is 12.9. The Hall–Kier alpha value is -2.57. The first-order valence-electron chi connectivity index (χ1n) is 8.14. The Morgan fingerprint density at radius 3 is 2.44 bits per heavy atom. The SMILES string of the molecule is O=C(CN(Cc1ccco1)C(=O)c1ccc(Cl)cc1)Nc1ccccc1Br. The Bertz CT molecular complexity index is 927. The van der Waals surface area contributed by atoms with E-state index in [1.54, 1.807) is 42.5 Å². The van der Waals surface area contributed by atoms with Crippen LogP contribution in [0.2, 0.25) is 5.02 Å². The monoisotopic (exact) mass is 446 g/mol. The van der Waals surface area contributed by atoms with Crippen LogP contribution in [0.5, 0.6) is 0 Å². The van der Waals surface area contributed by atoms with Crippen LogP contribution in [-0.4, -0.2) is 23.3 Å². The van der Waals surface area contributed by atoms with Crippen LogP contribution >= 0.6 is 27.5 Å². The molecule has 138 valence electrons. The zero-order valence-electron chi connectivity index (χ0n) is 14.2. The van der Waals surface area contributed by atoms with Crippen molar-refractivity contribution in [3.63, 3.8) is 0 Å². The third-order valence-electron chi connectivity index (χ3n) is 3.79. The van der Waals surface area contributed by atoms with Crippen LogP contribution in [0.4, 0.5) is 5.69 Å². The molecule has 1 heterocycles. The molecule has 0 saturated carbocycles.